The minimum Gasteiger partial charge on any atom is -0.455 e. The molecule has 0 aliphatic rings. The van der Waals surface area contributed by atoms with Gasteiger partial charge in [-0.3, -0.25) is 4.79 Å². The monoisotopic (exact) mass is 418 g/mol. The number of sulfone groups is 1. The molecule has 0 bridgehead atoms. The molecule has 0 fully saturated rings. The number of benzene rings is 2. The predicted molar refractivity (Wildman–Crippen MR) is 110 cm³/mol. The predicted octanol–water partition coefficient (Wildman–Crippen LogP) is 4.23. The van der Waals surface area contributed by atoms with Crippen LogP contribution in [0.25, 0.3) is 0 Å². The summed E-state index contributed by atoms with van der Waals surface area (Å²) in [6.07, 6.45) is 0. The molecule has 1 aromatic heterocycles. The number of carbonyl (C=O) groups excluding carboxylic acids is 1. The van der Waals surface area contributed by atoms with Crippen molar-refractivity contribution in [1.82, 2.24) is 0 Å². The minimum absolute atomic E-state index is 0.0166. The van der Waals surface area contributed by atoms with Gasteiger partial charge < -0.3 is 14.6 Å². The molecule has 0 aliphatic heterocycles. The van der Waals surface area contributed by atoms with Crippen LogP contribution in [0.3, 0.4) is 0 Å². The number of halogens is 1. The second-order valence-corrected chi connectivity index (χ2v) is 8.77. The highest BCUT2D eigenvalue weighted by Gasteiger charge is 2.20. The number of hydrogen-bond donors (Lipinski definition) is 1. The zero-order valence-electron chi connectivity index (χ0n) is 15.3. The summed E-state index contributed by atoms with van der Waals surface area (Å²) < 4.78 is 30.4. The summed E-state index contributed by atoms with van der Waals surface area (Å²) in [5, 5.41) is 3.23. The molecule has 6 nitrogen and oxygen atoms in total. The first-order chi connectivity index (χ1) is 13.3. The molecule has 8 heteroatoms. The molecule has 1 amide bonds. The number of furan rings is 1. The van der Waals surface area contributed by atoms with Gasteiger partial charge in [0, 0.05) is 19.1 Å². The normalized spacial score (nSPS) is 11.2. The maximum atomic E-state index is 12.5. The number of anilines is 2. The lowest BCUT2D eigenvalue weighted by Gasteiger charge is -2.17. The van der Waals surface area contributed by atoms with Gasteiger partial charge >= 0.3 is 0 Å². The molecule has 3 aromatic rings. The van der Waals surface area contributed by atoms with Gasteiger partial charge in [-0.05, 0) is 42.5 Å². The van der Waals surface area contributed by atoms with E-state index in [2.05, 4.69) is 5.32 Å². The number of amides is 1. The van der Waals surface area contributed by atoms with E-state index in [1.54, 1.807) is 36.4 Å². The van der Waals surface area contributed by atoms with Crippen molar-refractivity contribution in [3.05, 3.63) is 77.2 Å². The summed E-state index contributed by atoms with van der Waals surface area (Å²) >= 11 is 6.03. The first kappa shape index (κ1) is 20.0. The van der Waals surface area contributed by atoms with Crippen LogP contribution in [0.4, 0.5) is 11.4 Å². The molecule has 0 atom stereocenters. The van der Waals surface area contributed by atoms with Crippen LogP contribution in [0.1, 0.15) is 16.3 Å². The highest BCUT2D eigenvalue weighted by molar-refractivity contribution is 7.90. The average Bonchev–Trinajstić information content (AvgIpc) is 3.10. The van der Waals surface area contributed by atoms with Crippen molar-refractivity contribution >= 4 is 38.7 Å². The van der Waals surface area contributed by atoms with Crippen LogP contribution in [-0.2, 0) is 15.6 Å². The van der Waals surface area contributed by atoms with Gasteiger partial charge in [-0.15, -0.1) is 0 Å². The lowest BCUT2D eigenvalue weighted by atomic mass is 10.2. The standard InChI is InChI=1S/C20H19ClN2O4S/c1-23(2)18-10-8-14(21)12-17(18)22-20(24)19-11-9-15(27-19)13-28(25,26)16-6-4-3-5-7-16/h3-12H,13H2,1-2H3,(H,22,24). The van der Waals surface area contributed by atoms with Gasteiger partial charge in [0.1, 0.15) is 11.5 Å². The summed E-state index contributed by atoms with van der Waals surface area (Å²) in [5.41, 5.74) is 1.30. The van der Waals surface area contributed by atoms with E-state index < -0.39 is 15.7 Å². The zero-order valence-corrected chi connectivity index (χ0v) is 16.9. The van der Waals surface area contributed by atoms with E-state index in [0.717, 1.165) is 5.69 Å². The first-order valence-electron chi connectivity index (χ1n) is 8.41. The molecule has 0 unspecified atom stereocenters. The SMILES string of the molecule is CN(C)c1ccc(Cl)cc1NC(=O)c1ccc(CS(=O)(=O)c2ccccc2)o1. The van der Waals surface area contributed by atoms with Gasteiger partial charge in [-0.1, -0.05) is 29.8 Å². The number of nitrogens with one attached hydrogen (secondary N) is 1. The van der Waals surface area contributed by atoms with Gasteiger partial charge in [-0.25, -0.2) is 8.42 Å². The highest BCUT2D eigenvalue weighted by atomic mass is 35.5. The summed E-state index contributed by atoms with van der Waals surface area (Å²) in [5.74, 6) is -0.616. The molecule has 146 valence electrons. The topological polar surface area (TPSA) is 79.6 Å². The maximum absolute atomic E-state index is 12.5. The Kier molecular flexibility index (Phi) is 5.76. The number of carbonyl (C=O) groups is 1. The minimum atomic E-state index is -3.56. The molecule has 3 rings (SSSR count). The van der Waals surface area contributed by atoms with E-state index in [1.165, 1.54) is 24.3 Å². The Morgan fingerprint density at radius 2 is 1.79 bits per heavy atom. The molecule has 0 saturated heterocycles. The molecule has 1 heterocycles. The van der Waals surface area contributed by atoms with E-state index >= 15 is 0 Å². The van der Waals surface area contributed by atoms with E-state index in [1.807, 2.05) is 19.0 Å². The molecule has 0 saturated carbocycles. The van der Waals surface area contributed by atoms with Crippen molar-refractivity contribution in [2.75, 3.05) is 24.3 Å². The Bertz CT molecular complexity index is 1090. The van der Waals surface area contributed by atoms with E-state index in [-0.39, 0.29) is 22.2 Å². The van der Waals surface area contributed by atoms with Crippen LogP contribution < -0.4 is 10.2 Å². The zero-order chi connectivity index (χ0) is 20.3. The van der Waals surface area contributed by atoms with Crippen molar-refractivity contribution in [3.63, 3.8) is 0 Å². The van der Waals surface area contributed by atoms with Gasteiger partial charge in [0.2, 0.25) is 0 Å². The fraction of sp³-hybridized carbons (Fsp3) is 0.150. The van der Waals surface area contributed by atoms with Gasteiger partial charge in [0.05, 0.1) is 16.3 Å². The molecule has 0 radical (unpaired) electrons. The average molecular weight is 419 g/mol. The van der Waals surface area contributed by atoms with E-state index in [0.29, 0.717) is 10.7 Å². The Labute approximate surface area is 168 Å². The molecule has 0 aliphatic carbocycles. The molecular formula is C20H19ClN2O4S. The Hall–Kier alpha value is -2.77. The van der Waals surface area contributed by atoms with Crippen LogP contribution in [0.5, 0.6) is 0 Å². The molecule has 28 heavy (non-hydrogen) atoms. The lowest BCUT2D eigenvalue weighted by molar-refractivity contribution is 0.0995. The van der Waals surface area contributed by atoms with Crippen LogP contribution in [0.15, 0.2) is 70.0 Å². The third kappa shape index (κ3) is 4.55. The molecular weight excluding hydrogens is 400 g/mol. The number of hydrogen-bond acceptors (Lipinski definition) is 5. The second kappa shape index (κ2) is 8.08. The number of nitrogens with zero attached hydrogens (tertiary/aromatic N) is 1. The van der Waals surface area contributed by atoms with Gasteiger partial charge in [-0.2, -0.15) is 0 Å². The van der Waals surface area contributed by atoms with Gasteiger partial charge in [0.25, 0.3) is 5.91 Å². The smallest absolute Gasteiger partial charge is 0.291 e. The fourth-order valence-corrected chi connectivity index (χ4v) is 4.10. The third-order valence-corrected chi connectivity index (χ3v) is 5.90. The fourth-order valence-electron chi connectivity index (χ4n) is 2.66. The van der Waals surface area contributed by atoms with Crippen LogP contribution in [-0.4, -0.2) is 28.4 Å². The molecule has 2 aromatic carbocycles. The van der Waals surface area contributed by atoms with Crippen LogP contribution in [0.2, 0.25) is 5.02 Å². The summed E-state index contributed by atoms with van der Waals surface area (Å²) in [6.45, 7) is 0. The van der Waals surface area contributed by atoms with Crippen molar-refractivity contribution < 1.29 is 17.6 Å². The lowest BCUT2D eigenvalue weighted by Crippen LogP contribution is -2.16. The summed E-state index contributed by atoms with van der Waals surface area (Å²) in [4.78, 5) is 14.6. The first-order valence-corrected chi connectivity index (χ1v) is 10.4. The van der Waals surface area contributed by atoms with Crippen molar-refractivity contribution in [1.29, 1.82) is 0 Å². The van der Waals surface area contributed by atoms with E-state index in [9.17, 15) is 13.2 Å². The van der Waals surface area contributed by atoms with Gasteiger partial charge in [0.15, 0.2) is 15.6 Å². The van der Waals surface area contributed by atoms with Crippen LogP contribution >= 0.6 is 11.6 Å². The largest absolute Gasteiger partial charge is 0.455 e. The van der Waals surface area contributed by atoms with Crippen LogP contribution in [0, 0.1) is 0 Å². The quantitative estimate of drug-likeness (QED) is 0.648. The van der Waals surface area contributed by atoms with Crippen molar-refractivity contribution in [2.24, 2.45) is 0 Å². The summed E-state index contributed by atoms with van der Waals surface area (Å²) in [6, 6.07) is 16.2. The van der Waals surface area contributed by atoms with E-state index in [4.69, 9.17) is 16.0 Å². The molecule has 0 spiro atoms. The Balaban J connectivity index is 1.78. The number of rotatable bonds is 6. The maximum Gasteiger partial charge on any atom is 0.291 e. The second-order valence-electron chi connectivity index (χ2n) is 6.35. The molecule has 1 N–H and O–H groups in total. The highest BCUT2D eigenvalue weighted by Crippen LogP contribution is 2.28. The van der Waals surface area contributed by atoms with Crippen molar-refractivity contribution in [2.45, 2.75) is 10.6 Å². The van der Waals surface area contributed by atoms with Crippen molar-refractivity contribution in [3.8, 4) is 0 Å². The Morgan fingerprint density at radius 3 is 2.46 bits per heavy atom. The Morgan fingerprint density at radius 1 is 1.07 bits per heavy atom. The summed E-state index contributed by atoms with van der Waals surface area (Å²) in [7, 11) is 0.133. The third-order valence-electron chi connectivity index (χ3n) is 4.01.